The summed E-state index contributed by atoms with van der Waals surface area (Å²) in [5.41, 5.74) is 3.62. The Morgan fingerprint density at radius 1 is 1.25 bits per heavy atom. The summed E-state index contributed by atoms with van der Waals surface area (Å²) in [5, 5.41) is 0. The Bertz CT molecular complexity index is 1060. The number of nitrogens with one attached hydrogen (secondary N) is 1. The summed E-state index contributed by atoms with van der Waals surface area (Å²) in [5.74, 6) is 0.285. The molecule has 146 valence electrons. The highest BCUT2D eigenvalue weighted by Gasteiger charge is 2.30. The Balaban J connectivity index is 1.61. The van der Waals surface area contributed by atoms with E-state index in [1.54, 1.807) is 11.3 Å². The number of alkyl halides is 3. The van der Waals surface area contributed by atoms with E-state index in [9.17, 15) is 18.0 Å². The molecule has 0 saturated carbocycles. The third-order valence-corrected chi connectivity index (χ3v) is 5.77. The van der Waals surface area contributed by atoms with Gasteiger partial charge in [-0.15, -0.1) is 11.3 Å². The SMILES string of the molecule is Cc1ncsc1CN1CCc2c(nc(-c3ccc(C(F)(F)F)cc3)[nH]c2=O)C1. The molecular weight excluding hydrogens is 389 g/mol. The number of aromatic amines is 1. The van der Waals surface area contributed by atoms with E-state index in [1.807, 2.05) is 12.4 Å². The summed E-state index contributed by atoms with van der Waals surface area (Å²) in [6.07, 6.45) is -3.81. The maximum Gasteiger partial charge on any atom is 0.416 e. The van der Waals surface area contributed by atoms with Gasteiger partial charge in [-0.25, -0.2) is 9.97 Å². The monoisotopic (exact) mass is 406 g/mol. The first-order valence-electron chi connectivity index (χ1n) is 8.72. The maximum atomic E-state index is 12.8. The van der Waals surface area contributed by atoms with Gasteiger partial charge in [-0.05, 0) is 25.5 Å². The van der Waals surface area contributed by atoms with Crippen LogP contribution in [0.5, 0.6) is 0 Å². The molecule has 0 fully saturated rings. The lowest BCUT2D eigenvalue weighted by Gasteiger charge is -2.27. The molecule has 0 unspecified atom stereocenters. The number of H-pyrrole nitrogens is 1. The number of hydrogen-bond acceptors (Lipinski definition) is 5. The van der Waals surface area contributed by atoms with E-state index in [4.69, 9.17) is 0 Å². The third kappa shape index (κ3) is 3.72. The summed E-state index contributed by atoms with van der Waals surface area (Å²) >= 11 is 1.60. The fourth-order valence-corrected chi connectivity index (χ4v) is 4.08. The van der Waals surface area contributed by atoms with Gasteiger partial charge < -0.3 is 4.98 Å². The second-order valence-corrected chi connectivity index (χ2v) is 7.68. The number of nitrogens with zero attached hydrogens (tertiary/aromatic N) is 3. The average Bonchev–Trinajstić information content (AvgIpc) is 3.05. The van der Waals surface area contributed by atoms with Crippen molar-refractivity contribution in [1.82, 2.24) is 19.9 Å². The molecule has 28 heavy (non-hydrogen) atoms. The molecule has 1 aliphatic heterocycles. The van der Waals surface area contributed by atoms with Gasteiger partial charge in [0.1, 0.15) is 5.82 Å². The molecule has 0 amide bonds. The summed E-state index contributed by atoms with van der Waals surface area (Å²) in [7, 11) is 0. The van der Waals surface area contributed by atoms with E-state index < -0.39 is 11.7 Å². The molecule has 5 nitrogen and oxygen atoms in total. The van der Waals surface area contributed by atoms with Crippen molar-refractivity contribution in [3.63, 3.8) is 0 Å². The Kier molecular flexibility index (Phi) is 4.80. The summed E-state index contributed by atoms with van der Waals surface area (Å²) in [4.78, 5) is 27.3. The molecule has 0 bridgehead atoms. The van der Waals surface area contributed by atoms with Gasteiger partial charge in [0.15, 0.2) is 0 Å². The molecule has 4 rings (SSSR count). The van der Waals surface area contributed by atoms with Gasteiger partial charge in [-0.2, -0.15) is 13.2 Å². The Morgan fingerprint density at radius 2 is 2.00 bits per heavy atom. The standard InChI is InChI=1S/C19H17F3N4OS/c1-11-16(28-10-23-11)9-26-7-6-14-15(8-26)24-17(25-18(14)27)12-2-4-13(5-3-12)19(20,21)22/h2-5,10H,6-9H2,1H3,(H,24,25,27). The molecular formula is C19H17F3N4OS. The fourth-order valence-electron chi connectivity index (χ4n) is 3.26. The van der Waals surface area contributed by atoms with Crippen LogP contribution in [0.15, 0.2) is 34.6 Å². The van der Waals surface area contributed by atoms with Crippen LogP contribution in [0.4, 0.5) is 13.2 Å². The fraction of sp³-hybridized carbons (Fsp3) is 0.316. The lowest BCUT2D eigenvalue weighted by atomic mass is 10.1. The predicted octanol–water partition coefficient (Wildman–Crippen LogP) is 3.78. The summed E-state index contributed by atoms with van der Waals surface area (Å²) < 4.78 is 38.3. The highest BCUT2D eigenvalue weighted by molar-refractivity contribution is 7.09. The van der Waals surface area contributed by atoms with Gasteiger partial charge in [0.2, 0.25) is 0 Å². The van der Waals surface area contributed by atoms with Crippen LogP contribution in [-0.4, -0.2) is 26.4 Å². The van der Waals surface area contributed by atoms with Crippen LogP contribution in [0, 0.1) is 6.92 Å². The molecule has 0 spiro atoms. The first kappa shape index (κ1) is 18.8. The number of fused-ring (bicyclic) bond motifs is 1. The molecule has 1 N–H and O–H groups in total. The zero-order valence-corrected chi connectivity index (χ0v) is 15.8. The molecule has 0 saturated heterocycles. The topological polar surface area (TPSA) is 61.9 Å². The average molecular weight is 406 g/mol. The summed E-state index contributed by atoms with van der Waals surface area (Å²) in [6.45, 7) is 3.97. The Labute approximate surface area is 162 Å². The molecule has 0 atom stereocenters. The number of thiazole rings is 1. The second-order valence-electron chi connectivity index (χ2n) is 6.74. The van der Waals surface area contributed by atoms with Crippen LogP contribution in [0.1, 0.15) is 27.4 Å². The van der Waals surface area contributed by atoms with Gasteiger partial charge in [0.25, 0.3) is 5.56 Å². The van der Waals surface area contributed by atoms with Crippen molar-refractivity contribution < 1.29 is 13.2 Å². The van der Waals surface area contributed by atoms with Crippen LogP contribution in [0.25, 0.3) is 11.4 Å². The molecule has 0 aliphatic carbocycles. The van der Waals surface area contributed by atoms with Crippen LogP contribution in [0.2, 0.25) is 0 Å². The van der Waals surface area contributed by atoms with Crippen molar-refractivity contribution in [2.24, 2.45) is 0 Å². The van der Waals surface area contributed by atoms with E-state index in [-0.39, 0.29) is 11.4 Å². The normalized spacial score (nSPS) is 14.9. The number of aromatic nitrogens is 3. The van der Waals surface area contributed by atoms with Crippen molar-refractivity contribution in [3.8, 4) is 11.4 Å². The summed E-state index contributed by atoms with van der Waals surface area (Å²) in [6, 6.07) is 4.64. The first-order valence-corrected chi connectivity index (χ1v) is 9.60. The number of aryl methyl sites for hydroxylation is 1. The van der Waals surface area contributed by atoms with Gasteiger partial charge >= 0.3 is 6.18 Å². The van der Waals surface area contributed by atoms with Gasteiger partial charge in [0, 0.05) is 35.6 Å². The minimum absolute atomic E-state index is 0.228. The van der Waals surface area contributed by atoms with Gasteiger partial charge in [-0.3, -0.25) is 9.69 Å². The smallest absolute Gasteiger partial charge is 0.306 e. The predicted molar refractivity (Wildman–Crippen MR) is 100.0 cm³/mol. The van der Waals surface area contributed by atoms with Crippen molar-refractivity contribution in [2.45, 2.75) is 32.6 Å². The third-order valence-electron chi connectivity index (χ3n) is 4.85. The second kappa shape index (κ2) is 7.14. The van der Waals surface area contributed by atoms with E-state index >= 15 is 0 Å². The molecule has 2 aromatic heterocycles. The molecule has 0 radical (unpaired) electrons. The van der Waals surface area contributed by atoms with E-state index in [2.05, 4.69) is 19.9 Å². The number of hydrogen-bond donors (Lipinski definition) is 1. The molecule has 1 aliphatic rings. The highest BCUT2D eigenvalue weighted by atomic mass is 32.1. The number of benzene rings is 1. The van der Waals surface area contributed by atoms with Crippen molar-refractivity contribution in [3.05, 3.63) is 67.5 Å². The van der Waals surface area contributed by atoms with Crippen molar-refractivity contribution in [2.75, 3.05) is 6.54 Å². The number of rotatable bonds is 3. The van der Waals surface area contributed by atoms with Crippen LogP contribution >= 0.6 is 11.3 Å². The van der Waals surface area contributed by atoms with E-state index in [0.717, 1.165) is 30.9 Å². The molecule has 9 heteroatoms. The van der Waals surface area contributed by atoms with Gasteiger partial charge in [0.05, 0.1) is 22.5 Å². The number of halogens is 3. The Hall–Kier alpha value is -2.52. The van der Waals surface area contributed by atoms with Gasteiger partial charge in [-0.1, -0.05) is 12.1 Å². The highest BCUT2D eigenvalue weighted by Crippen LogP contribution is 2.30. The van der Waals surface area contributed by atoms with Crippen molar-refractivity contribution >= 4 is 11.3 Å². The van der Waals surface area contributed by atoms with E-state index in [0.29, 0.717) is 29.8 Å². The van der Waals surface area contributed by atoms with Crippen LogP contribution in [-0.2, 0) is 25.7 Å². The quantitative estimate of drug-likeness (QED) is 0.719. The maximum absolute atomic E-state index is 12.8. The minimum Gasteiger partial charge on any atom is -0.306 e. The van der Waals surface area contributed by atoms with Crippen LogP contribution in [0.3, 0.4) is 0 Å². The zero-order chi connectivity index (χ0) is 19.9. The zero-order valence-electron chi connectivity index (χ0n) is 15.0. The molecule has 3 heterocycles. The lowest BCUT2D eigenvalue weighted by molar-refractivity contribution is -0.137. The minimum atomic E-state index is -4.40. The lowest BCUT2D eigenvalue weighted by Crippen LogP contribution is -2.35. The van der Waals surface area contributed by atoms with E-state index in [1.165, 1.54) is 17.0 Å². The largest absolute Gasteiger partial charge is 0.416 e. The first-order chi connectivity index (χ1) is 13.3. The molecule has 3 aromatic rings. The Morgan fingerprint density at radius 3 is 2.64 bits per heavy atom. The van der Waals surface area contributed by atoms with Crippen molar-refractivity contribution in [1.29, 1.82) is 0 Å². The van der Waals surface area contributed by atoms with Crippen LogP contribution < -0.4 is 5.56 Å². The molecule has 1 aromatic carbocycles.